The Kier molecular flexibility index (Phi) is 4.83. The molecule has 1 aromatic heterocycles. The average Bonchev–Trinajstić information content (AvgIpc) is 1.83. The molecule has 1 aromatic rings. The second kappa shape index (κ2) is 4.53. The quantitative estimate of drug-likeness (QED) is 0.439. The standard InChI is InChI=1S/C3H3N3S3.Na/c7-1-2(8)4-6-5-3(1)9;/h(H,6,7)(H2,4,5,8,9);. The maximum Gasteiger partial charge on any atom is 0.140 e. The molecule has 0 aliphatic rings. The van der Waals surface area contributed by atoms with Crippen molar-refractivity contribution in [2.24, 2.45) is 0 Å². The van der Waals surface area contributed by atoms with E-state index < -0.39 is 0 Å². The topological polar surface area (TPSA) is 47.4 Å². The van der Waals surface area contributed by atoms with Crippen molar-refractivity contribution in [3.63, 3.8) is 0 Å². The van der Waals surface area contributed by atoms with Crippen LogP contribution in [0.5, 0.6) is 0 Å². The normalized spacial score (nSPS) is 8.40. The third-order valence-corrected chi connectivity index (χ3v) is 2.04. The summed E-state index contributed by atoms with van der Waals surface area (Å²) in [7, 11) is 0. The van der Waals surface area contributed by atoms with Crippen LogP contribution in [0.3, 0.4) is 0 Å². The zero-order valence-corrected chi connectivity index (χ0v) is 9.67. The number of nitrogens with one attached hydrogen (secondary N) is 3. The molecule has 0 spiro atoms. The number of aromatic nitrogens is 3. The molecule has 0 bridgehead atoms. The van der Waals surface area contributed by atoms with E-state index in [2.05, 4.69) is 15.4 Å². The van der Waals surface area contributed by atoms with Gasteiger partial charge in [-0.25, -0.2) is 5.21 Å². The van der Waals surface area contributed by atoms with Gasteiger partial charge in [-0.05, 0) is 0 Å². The molecule has 0 amide bonds. The molecule has 0 aliphatic carbocycles. The molecule has 0 atom stereocenters. The van der Waals surface area contributed by atoms with E-state index in [-0.39, 0.29) is 29.6 Å². The Morgan fingerprint density at radius 2 is 1.30 bits per heavy atom. The van der Waals surface area contributed by atoms with Gasteiger partial charge in [0, 0.05) is 29.6 Å². The molecule has 0 saturated carbocycles. The zero-order valence-electron chi connectivity index (χ0n) is 5.22. The molecule has 7 heteroatoms. The van der Waals surface area contributed by atoms with E-state index in [1.165, 1.54) is 0 Å². The zero-order chi connectivity index (χ0) is 6.85. The molecule has 49 valence electrons. The van der Waals surface area contributed by atoms with Gasteiger partial charge in [0.15, 0.2) is 0 Å². The molecule has 3 N–H and O–H groups in total. The van der Waals surface area contributed by atoms with Crippen LogP contribution in [0.2, 0.25) is 0 Å². The van der Waals surface area contributed by atoms with E-state index >= 15 is 0 Å². The van der Waals surface area contributed by atoms with Crippen LogP contribution in [0.25, 0.3) is 0 Å². The molecule has 1 rings (SSSR count). The molecule has 0 saturated heterocycles. The Morgan fingerprint density at radius 3 is 1.60 bits per heavy atom. The summed E-state index contributed by atoms with van der Waals surface area (Å²) in [5.74, 6) is 0. The van der Waals surface area contributed by atoms with Crippen molar-refractivity contribution >= 4 is 66.2 Å². The fourth-order valence-corrected chi connectivity index (χ4v) is 0.834. The van der Waals surface area contributed by atoms with E-state index in [0.717, 1.165) is 0 Å². The summed E-state index contributed by atoms with van der Waals surface area (Å²) in [6.07, 6.45) is 0. The number of H-pyrrole nitrogens is 3. The second-order valence-electron chi connectivity index (χ2n) is 1.36. The van der Waals surface area contributed by atoms with E-state index in [0.29, 0.717) is 13.8 Å². The second-order valence-corrected chi connectivity index (χ2v) is 2.59. The van der Waals surface area contributed by atoms with Gasteiger partial charge in [0.2, 0.25) is 0 Å². The Morgan fingerprint density at radius 1 is 0.900 bits per heavy atom. The van der Waals surface area contributed by atoms with E-state index in [9.17, 15) is 0 Å². The number of hydrogen-bond donors (Lipinski definition) is 3. The smallest absolute Gasteiger partial charge is 0.140 e. The molecule has 1 radical (unpaired) electrons. The summed E-state index contributed by atoms with van der Waals surface area (Å²) >= 11 is 14.3. The van der Waals surface area contributed by atoms with E-state index in [4.69, 9.17) is 36.7 Å². The van der Waals surface area contributed by atoms with Gasteiger partial charge in [0.1, 0.15) is 13.8 Å². The first-order valence-corrected chi connectivity index (χ1v) is 3.34. The van der Waals surface area contributed by atoms with Gasteiger partial charge in [0.25, 0.3) is 0 Å². The summed E-state index contributed by atoms with van der Waals surface area (Å²) < 4.78 is 1.42. The minimum absolute atomic E-state index is 0. The van der Waals surface area contributed by atoms with E-state index in [1.807, 2.05) is 0 Å². The van der Waals surface area contributed by atoms with Crippen molar-refractivity contribution < 1.29 is 0 Å². The predicted molar refractivity (Wildman–Crippen MR) is 47.8 cm³/mol. The fraction of sp³-hybridized carbons (Fsp3) is 0. The van der Waals surface area contributed by atoms with Crippen LogP contribution in [-0.2, 0) is 0 Å². The van der Waals surface area contributed by atoms with Crippen LogP contribution in [0.4, 0.5) is 0 Å². The maximum absolute atomic E-state index is 4.80. The minimum atomic E-state index is 0. The van der Waals surface area contributed by atoms with Crippen LogP contribution in [-0.4, -0.2) is 45.0 Å². The fourth-order valence-electron chi connectivity index (χ4n) is 0.361. The van der Waals surface area contributed by atoms with Gasteiger partial charge < -0.3 is 0 Å². The van der Waals surface area contributed by atoms with Gasteiger partial charge in [-0.1, -0.05) is 36.7 Å². The van der Waals surface area contributed by atoms with Crippen LogP contribution >= 0.6 is 36.7 Å². The monoisotopic (exact) mass is 200 g/mol. The van der Waals surface area contributed by atoms with Gasteiger partial charge in [-0.3, -0.25) is 10.2 Å². The Labute approximate surface area is 94.5 Å². The number of rotatable bonds is 0. The molecule has 0 aromatic carbocycles. The minimum Gasteiger partial charge on any atom is -0.275 e. The van der Waals surface area contributed by atoms with Crippen LogP contribution in [0.15, 0.2) is 0 Å². The Hall–Kier alpha value is 0.670. The summed E-state index contributed by atoms with van der Waals surface area (Å²) in [6, 6.07) is 0. The first kappa shape index (κ1) is 10.7. The number of aromatic amines is 3. The SMILES string of the molecule is S=c1[nH][nH][nH]c(=S)c1=S.[Na]. The van der Waals surface area contributed by atoms with E-state index in [1.54, 1.807) is 0 Å². The van der Waals surface area contributed by atoms with Crippen LogP contribution < -0.4 is 0 Å². The molecule has 0 aliphatic heterocycles. The van der Waals surface area contributed by atoms with Crippen molar-refractivity contribution in [1.82, 2.24) is 15.4 Å². The van der Waals surface area contributed by atoms with Crippen molar-refractivity contribution in [3.05, 3.63) is 13.8 Å². The number of hydrogen-bond acceptors (Lipinski definition) is 3. The summed E-state index contributed by atoms with van der Waals surface area (Å²) in [4.78, 5) is 0. The largest absolute Gasteiger partial charge is 0.275 e. The van der Waals surface area contributed by atoms with Crippen LogP contribution in [0.1, 0.15) is 0 Å². The predicted octanol–water partition coefficient (Wildman–Crippen LogP) is 1.48. The summed E-state index contributed by atoms with van der Waals surface area (Å²) in [5.41, 5.74) is 0. The van der Waals surface area contributed by atoms with Crippen molar-refractivity contribution in [3.8, 4) is 0 Å². The molecule has 3 nitrogen and oxygen atoms in total. The van der Waals surface area contributed by atoms with Gasteiger partial charge in [-0.15, -0.1) is 0 Å². The molecule has 10 heavy (non-hydrogen) atoms. The molecule has 0 fully saturated rings. The first-order chi connectivity index (χ1) is 4.22. The van der Waals surface area contributed by atoms with Crippen molar-refractivity contribution in [2.75, 3.05) is 0 Å². The van der Waals surface area contributed by atoms with Crippen LogP contribution in [0, 0.1) is 13.8 Å². The Balaban J connectivity index is 0.000000810. The molecule has 1 heterocycles. The summed E-state index contributed by atoms with van der Waals surface area (Å²) in [5, 5.41) is 7.75. The third-order valence-electron chi connectivity index (χ3n) is 0.765. The Bertz CT molecular complexity index is 329. The molecular formula is C3H3N3NaS3. The first-order valence-electron chi connectivity index (χ1n) is 2.11. The van der Waals surface area contributed by atoms with Crippen molar-refractivity contribution in [1.29, 1.82) is 0 Å². The maximum atomic E-state index is 4.80. The van der Waals surface area contributed by atoms with Gasteiger partial charge >= 0.3 is 0 Å². The summed E-state index contributed by atoms with van der Waals surface area (Å²) in [6.45, 7) is 0. The van der Waals surface area contributed by atoms with Gasteiger partial charge in [0.05, 0.1) is 0 Å². The average molecular weight is 200 g/mol. The van der Waals surface area contributed by atoms with Crippen molar-refractivity contribution in [2.45, 2.75) is 0 Å². The molecule has 0 unspecified atom stereocenters. The molecular weight excluding hydrogens is 197 g/mol. The van der Waals surface area contributed by atoms with Gasteiger partial charge in [-0.2, -0.15) is 0 Å². The third kappa shape index (κ3) is 2.37.